The zero-order valence-corrected chi connectivity index (χ0v) is 9.30. The molecule has 0 radical (unpaired) electrons. The first kappa shape index (κ1) is 16.3. The summed E-state index contributed by atoms with van der Waals surface area (Å²) in [7, 11) is 0. The van der Waals surface area contributed by atoms with Crippen LogP contribution < -0.4 is 11.5 Å². The van der Waals surface area contributed by atoms with Crippen LogP contribution in [0.4, 0.5) is 0 Å². The highest BCUT2D eigenvalue weighted by atomic mass is 16.4. The molecule has 0 bridgehead atoms. The van der Waals surface area contributed by atoms with Crippen LogP contribution in [0.3, 0.4) is 0 Å². The van der Waals surface area contributed by atoms with Crippen molar-refractivity contribution in [2.24, 2.45) is 17.4 Å². The second-order valence-electron chi connectivity index (χ2n) is 3.38. The molecule has 3 atom stereocenters. The lowest BCUT2D eigenvalue weighted by Crippen LogP contribution is -2.36. The number of carboxylic acids is 2. The number of carbonyl (C=O) groups is 2. The van der Waals surface area contributed by atoms with Crippen molar-refractivity contribution < 1.29 is 19.8 Å². The first-order valence-corrected chi connectivity index (χ1v) is 4.70. The minimum Gasteiger partial charge on any atom is -0.480 e. The van der Waals surface area contributed by atoms with Crippen LogP contribution in [0, 0.1) is 5.92 Å². The van der Waals surface area contributed by atoms with Gasteiger partial charge in [0.05, 0.1) is 0 Å². The molecule has 15 heavy (non-hydrogen) atoms. The molecule has 0 heterocycles. The van der Waals surface area contributed by atoms with Gasteiger partial charge in [0.1, 0.15) is 12.1 Å². The molecular weight excluding hydrogens is 200 g/mol. The predicted octanol–water partition coefficient (Wildman–Crippen LogP) is -0.137. The van der Waals surface area contributed by atoms with Crippen LogP contribution in [0.5, 0.6) is 0 Å². The van der Waals surface area contributed by atoms with E-state index in [1.54, 1.807) is 0 Å². The second-order valence-corrected chi connectivity index (χ2v) is 3.38. The molecular formula is C9H20N2O4. The molecule has 0 amide bonds. The summed E-state index contributed by atoms with van der Waals surface area (Å²) in [4.78, 5) is 19.7. The Morgan fingerprint density at radius 3 is 1.53 bits per heavy atom. The smallest absolute Gasteiger partial charge is 0.320 e. The Bertz CT molecular complexity index is 206. The van der Waals surface area contributed by atoms with Crippen LogP contribution in [-0.2, 0) is 9.59 Å². The van der Waals surface area contributed by atoms with Crippen molar-refractivity contribution in [1.82, 2.24) is 0 Å². The van der Waals surface area contributed by atoms with Crippen molar-refractivity contribution in [3.8, 4) is 0 Å². The van der Waals surface area contributed by atoms with E-state index < -0.39 is 24.0 Å². The van der Waals surface area contributed by atoms with Gasteiger partial charge in [-0.1, -0.05) is 20.3 Å². The molecule has 0 aliphatic carbocycles. The molecule has 6 nitrogen and oxygen atoms in total. The number of hydrogen-bond donors (Lipinski definition) is 4. The minimum absolute atomic E-state index is 0.0718. The normalized spacial score (nSPS) is 15.5. The summed E-state index contributed by atoms with van der Waals surface area (Å²) in [6, 6.07) is -1.43. The Kier molecular flexibility index (Phi) is 8.90. The number of carboxylic acid groups (broad SMARTS) is 2. The van der Waals surface area contributed by atoms with Crippen LogP contribution in [0.25, 0.3) is 0 Å². The summed E-state index contributed by atoms with van der Waals surface area (Å²) in [5.74, 6) is -1.80. The average Bonchev–Trinajstić information content (AvgIpc) is 2.16. The van der Waals surface area contributed by atoms with Crippen LogP contribution in [0.1, 0.15) is 27.2 Å². The van der Waals surface area contributed by atoms with E-state index in [0.717, 1.165) is 6.42 Å². The van der Waals surface area contributed by atoms with Crippen molar-refractivity contribution in [3.05, 3.63) is 0 Å². The molecule has 0 saturated carbocycles. The topological polar surface area (TPSA) is 127 Å². The maximum atomic E-state index is 10.2. The van der Waals surface area contributed by atoms with Crippen molar-refractivity contribution in [3.63, 3.8) is 0 Å². The molecule has 0 rings (SSSR count). The standard InChI is InChI=1S/C6H13NO2.C3H7NO2/c1-3-4(2)5(7)6(8)9;1-2(4)3(5)6/h4-5H,3,7H2,1-2H3,(H,8,9);2H,4H2,1H3,(H,5,6)/t4?,5-;2-/m01/s1. The van der Waals surface area contributed by atoms with Crippen molar-refractivity contribution in [2.75, 3.05) is 0 Å². The Morgan fingerprint density at radius 2 is 1.47 bits per heavy atom. The third-order valence-corrected chi connectivity index (χ3v) is 1.93. The zero-order chi connectivity index (χ0) is 12.6. The molecule has 0 aliphatic heterocycles. The molecule has 0 aliphatic rings. The third kappa shape index (κ3) is 9.17. The van der Waals surface area contributed by atoms with Gasteiger partial charge in [-0.25, -0.2) is 0 Å². The first-order chi connectivity index (χ1) is 6.73. The number of nitrogens with two attached hydrogens (primary N) is 2. The monoisotopic (exact) mass is 220 g/mol. The lowest BCUT2D eigenvalue weighted by Gasteiger charge is -2.11. The van der Waals surface area contributed by atoms with Gasteiger partial charge in [0.15, 0.2) is 0 Å². The summed E-state index contributed by atoms with van der Waals surface area (Å²) in [6.45, 7) is 5.18. The van der Waals surface area contributed by atoms with E-state index >= 15 is 0 Å². The zero-order valence-electron chi connectivity index (χ0n) is 9.30. The van der Waals surface area contributed by atoms with Gasteiger partial charge in [0.25, 0.3) is 0 Å². The van der Waals surface area contributed by atoms with Gasteiger partial charge in [-0.3, -0.25) is 9.59 Å². The van der Waals surface area contributed by atoms with E-state index in [9.17, 15) is 9.59 Å². The molecule has 0 saturated heterocycles. The van der Waals surface area contributed by atoms with Crippen molar-refractivity contribution in [2.45, 2.75) is 39.3 Å². The lowest BCUT2D eigenvalue weighted by molar-refractivity contribution is -0.140. The predicted molar refractivity (Wildman–Crippen MR) is 56.4 cm³/mol. The van der Waals surface area contributed by atoms with Crippen molar-refractivity contribution >= 4 is 11.9 Å². The number of rotatable bonds is 4. The molecule has 0 aromatic rings. The molecule has 0 aromatic heterocycles. The summed E-state index contributed by atoms with van der Waals surface area (Å²) in [6.07, 6.45) is 0.813. The van der Waals surface area contributed by atoms with Gasteiger partial charge in [0, 0.05) is 0 Å². The number of aliphatic carboxylic acids is 2. The fourth-order valence-electron chi connectivity index (χ4n) is 0.497. The van der Waals surface area contributed by atoms with E-state index in [1.807, 2.05) is 13.8 Å². The van der Waals surface area contributed by atoms with Gasteiger partial charge >= 0.3 is 11.9 Å². The highest BCUT2D eigenvalue weighted by Gasteiger charge is 2.17. The molecule has 0 aromatic carbocycles. The first-order valence-electron chi connectivity index (χ1n) is 4.70. The lowest BCUT2D eigenvalue weighted by atomic mass is 10.0. The highest BCUT2D eigenvalue weighted by Crippen LogP contribution is 2.04. The Balaban J connectivity index is 0. The van der Waals surface area contributed by atoms with Gasteiger partial charge in [-0.15, -0.1) is 0 Å². The van der Waals surface area contributed by atoms with Gasteiger partial charge in [-0.2, -0.15) is 0 Å². The van der Waals surface area contributed by atoms with E-state index in [0.29, 0.717) is 0 Å². The van der Waals surface area contributed by atoms with Crippen LogP contribution >= 0.6 is 0 Å². The van der Waals surface area contributed by atoms with Gasteiger partial charge < -0.3 is 21.7 Å². The number of hydrogen-bond acceptors (Lipinski definition) is 4. The summed E-state index contributed by atoms with van der Waals surface area (Å²) < 4.78 is 0. The SMILES string of the molecule is CCC(C)[C@H](N)C(=O)O.C[C@@H](N)C(=O)O. The Labute approximate surface area is 89.3 Å². The van der Waals surface area contributed by atoms with Crippen LogP contribution in [-0.4, -0.2) is 34.2 Å². The molecule has 0 spiro atoms. The summed E-state index contributed by atoms with van der Waals surface area (Å²) >= 11 is 0. The maximum Gasteiger partial charge on any atom is 0.320 e. The second kappa shape index (κ2) is 8.19. The molecule has 6 N–H and O–H groups in total. The minimum atomic E-state index is -0.963. The fourth-order valence-corrected chi connectivity index (χ4v) is 0.497. The Hall–Kier alpha value is -1.14. The maximum absolute atomic E-state index is 10.2. The summed E-state index contributed by atoms with van der Waals surface area (Å²) in [5.41, 5.74) is 10.1. The molecule has 90 valence electrons. The van der Waals surface area contributed by atoms with Gasteiger partial charge in [-0.05, 0) is 12.8 Å². The average molecular weight is 220 g/mol. The van der Waals surface area contributed by atoms with E-state index in [-0.39, 0.29) is 5.92 Å². The summed E-state index contributed by atoms with van der Waals surface area (Å²) in [5, 5.41) is 16.2. The highest BCUT2D eigenvalue weighted by molar-refractivity contribution is 5.73. The third-order valence-electron chi connectivity index (χ3n) is 1.93. The quantitative estimate of drug-likeness (QED) is 0.522. The fraction of sp³-hybridized carbons (Fsp3) is 0.778. The molecule has 0 fully saturated rings. The van der Waals surface area contributed by atoms with E-state index in [2.05, 4.69) is 0 Å². The largest absolute Gasteiger partial charge is 0.480 e. The van der Waals surface area contributed by atoms with Crippen molar-refractivity contribution in [1.29, 1.82) is 0 Å². The molecule has 1 unspecified atom stereocenters. The van der Waals surface area contributed by atoms with Crippen LogP contribution in [0.2, 0.25) is 0 Å². The van der Waals surface area contributed by atoms with E-state index in [1.165, 1.54) is 6.92 Å². The van der Waals surface area contributed by atoms with Crippen LogP contribution in [0.15, 0.2) is 0 Å². The van der Waals surface area contributed by atoms with E-state index in [4.69, 9.17) is 21.7 Å². The van der Waals surface area contributed by atoms with Gasteiger partial charge in [0.2, 0.25) is 0 Å². The molecule has 6 heteroatoms. The Morgan fingerprint density at radius 1 is 1.13 bits per heavy atom.